The molecule has 0 saturated heterocycles. The summed E-state index contributed by atoms with van der Waals surface area (Å²) in [5.41, 5.74) is 5.35. The maximum Gasteiger partial charge on any atom is 0.314 e. The first-order valence-electron chi connectivity index (χ1n) is 14.5. The van der Waals surface area contributed by atoms with E-state index in [4.69, 9.17) is 9.73 Å². The van der Waals surface area contributed by atoms with Crippen LogP contribution in [0.5, 0.6) is 0 Å². The lowest BCUT2D eigenvalue weighted by Crippen LogP contribution is -2.35. The molecular formula is C33H42N2O4. The molecule has 39 heavy (non-hydrogen) atoms. The van der Waals surface area contributed by atoms with Crippen LogP contribution in [0.25, 0.3) is 0 Å². The van der Waals surface area contributed by atoms with Gasteiger partial charge in [-0.25, -0.2) is 4.99 Å². The number of aliphatic hydroxyl groups is 1. The Bertz CT molecular complexity index is 1190. The molecule has 0 unspecified atom stereocenters. The number of aliphatic imine (C=N–C) groups is 1. The number of esters is 1. The molecule has 1 heterocycles. The van der Waals surface area contributed by atoms with E-state index in [1.54, 1.807) is 11.0 Å². The number of carbonyl (C=O) groups excluding carboxylic acids is 2. The van der Waals surface area contributed by atoms with Gasteiger partial charge in [-0.05, 0) is 80.7 Å². The molecule has 0 bridgehead atoms. The third-order valence-electron chi connectivity index (χ3n) is 7.88. The zero-order valence-electron chi connectivity index (χ0n) is 23.6. The second-order valence-corrected chi connectivity index (χ2v) is 10.9. The van der Waals surface area contributed by atoms with Gasteiger partial charge in [-0.1, -0.05) is 56.2 Å². The molecule has 6 heteroatoms. The number of benzene rings is 1. The Hall–Kier alpha value is -3.25. The molecule has 2 aliphatic carbocycles. The van der Waals surface area contributed by atoms with Gasteiger partial charge in [-0.2, -0.15) is 0 Å². The van der Waals surface area contributed by atoms with Gasteiger partial charge in [-0.15, -0.1) is 0 Å². The van der Waals surface area contributed by atoms with Crippen LogP contribution in [-0.2, 0) is 20.7 Å². The van der Waals surface area contributed by atoms with Crippen LogP contribution in [-0.4, -0.2) is 34.3 Å². The molecular weight excluding hydrogens is 488 g/mol. The van der Waals surface area contributed by atoms with Crippen LogP contribution in [0.3, 0.4) is 0 Å². The highest BCUT2D eigenvalue weighted by atomic mass is 16.5. The molecule has 1 N–H and O–H groups in total. The first-order valence-corrected chi connectivity index (χ1v) is 14.5. The zero-order valence-corrected chi connectivity index (χ0v) is 23.6. The van der Waals surface area contributed by atoms with Crippen molar-refractivity contribution in [2.24, 2.45) is 16.8 Å². The van der Waals surface area contributed by atoms with Gasteiger partial charge in [0.15, 0.2) is 0 Å². The van der Waals surface area contributed by atoms with E-state index in [0.717, 1.165) is 67.7 Å². The Morgan fingerprint density at radius 2 is 1.85 bits per heavy atom. The van der Waals surface area contributed by atoms with Crippen molar-refractivity contribution in [2.75, 3.05) is 6.61 Å². The number of amides is 1. The van der Waals surface area contributed by atoms with Crippen LogP contribution < -0.4 is 0 Å². The van der Waals surface area contributed by atoms with Crippen molar-refractivity contribution in [3.05, 3.63) is 82.4 Å². The summed E-state index contributed by atoms with van der Waals surface area (Å²) in [6, 6.07) is 8.49. The fourth-order valence-corrected chi connectivity index (χ4v) is 5.55. The SMILES string of the molecule is CCCC1=C(Cc2ccc(C)cc2)CC(=O)N(C2=CC=C(OC(=O)C3CCC(CO)CC3)C=CC2)C(CC)=N1. The monoisotopic (exact) mass is 530 g/mol. The van der Waals surface area contributed by atoms with Crippen LogP contribution in [0.4, 0.5) is 0 Å². The van der Waals surface area contributed by atoms with Gasteiger partial charge < -0.3 is 9.84 Å². The van der Waals surface area contributed by atoms with Crippen molar-refractivity contribution in [1.82, 2.24) is 4.90 Å². The number of amidine groups is 1. The number of carbonyl (C=O) groups is 2. The van der Waals surface area contributed by atoms with Gasteiger partial charge in [-0.3, -0.25) is 14.5 Å². The molecule has 0 radical (unpaired) electrons. The van der Waals surface area contributed by atoms with E-state index in [1.807, 2.05) is 25.2 Å². The van der Waals surface area contributed by atoms with E-state index in [0.29, 0.717) is 30.9 Å². The van der Waals surface area contributed by atoms with Crippen molar-refractivity contribution in [1.29, 1.82) is 0 Å². The molecule has 1 aromatic rings. The van der Waals surface area contributed by atoms with E-state index < -0.39 is 0 Å². The van der Waals surface area contributed by atoms with Crippen molar-refractivity contribution in [3.8, 4) is 0 Å². The lowest BCUT2D eigenvalue weighted by molar-refractivity contribution is -0.145. The second kappa shape index (κ2) is 13.7. The maximum atomic E-state index is 13.7. The molecule has 1 aliphatic heterocycles. The minimum Gasteiger partial charge on any atom is -0.426 e. The molecule has 4 rings (SSSR count). The Balaban J connectivity index is 1.52. The third kappa shape index (κ3) is 7.45. The largest absolute Gasteiger partial charge is 0.426 e. The molecule has 1 fully saturated rings. The number of allylic oxidation sites excluding steroid dienone is 5. The van der Waals surface area contributed by atoms with Gasteiger partial charge in [0.1, 0.15) is 11.6 Å². The van der Waals surface area contributed by atoms with Crippen LogP contribution >= 0.6 is 0 Å². The summed E-state index contributed by atoms with van der Waals surface area (Å²) in [6.45, 7) is 6.45. The highest BCUT2D eigenvalue weighted by molar-refractivity contribution is 6.02. The number of ether oxygens (including phenoxy) is 1. The third-order valence-corrected chi connectivity index (χ3v) is 7.88. The summed E-state index contributed by atoms with van der Waals surface area (Å²) < 4.78 is 5.75. The number of rotatable bonds is 9. The molecule has 6 nitrogen and oxygen atoms in total. The zero-order chi connectivity index (χ0) is 27.8. The first kappa shape index (κ1) is 28.8. The number of hydrogen-bond acceptors (Lipinski definition) is 5. The Morgan fingerprint density at radius 1 is 1.10 bits per heavy atom. The lowest BCUT2D eigenvalue weighted by atomic mass is 9.82. The van der Waals surface area contributed by atoms with Gasteiger partial charge in [0.25, 0.3) is 0 Å². The number of aryl methyl sites for hydroxylation is 1. The fourth-order valence-electron chi connectivity index (χ4n) is 5.55. The predicted molar refractivity (Wildman–Crippen MR) is 155 cm³/mol. The Labute approximate surface area is 232 Å². The number of nitrogens with zero attached hydrogens (tertiary/aromatic N) is 2. The highest BCUT2D eigenvalue weighted by Gasteiger charge is 2.29. The van der Waals surface area contributed by atoms with Gasteiger partial charge in [0.2, 0.25) is 5.91 Å². The van der Waals surface area contributed by atoms with Crippen molar-refractivity contribution in [3.63, 3.8) is 0 Å². The van der Waals surface area contributed by atoms with Crippen LogP contribution in [0.2, 0.25) is 0 Å². The van der Waals surface area contributed by atoms with Crippen molar-refractivity contribution in [2.45, 2.75) is 85.0 Å². The van der Waals surface area contributed by atoms with Crippen molar-refractivity contribution < 1.29 is 19.4 Å². The van der Waals surface area contributed by atoms with Gasteiger partial charge in [0.05, 0.1) is 12.3 Å². The Kier molecular flexibility index (Phi) is 10.1. The maximum absolute atomic E-state index is 13.7. The summed E-state index contributed by atoms with van der Waals surface area (Å²) in [6.07, 6.45) is 14.7. The standard InChI is InChI=1S/C33H42N2O4/c1-4-7-30-27(20-24-12-10-23(3)11-13-24)21-32(37)35(31(5-2)34-30)28-8-6-9-29(19-18-28)39-33(38)26-16-14-25(22-36)15-17-26/h6,9-13,18-19,25-26,36H,4-5,7-8,14-17,20-22H2,1-3H3. The molecule has 208 valence electrons. The van der Waals surface area contributed by atoms with E-state index in [2.05, 4.69) is 38.1 Å². The van der Waals surface area contributed by atoms with E-state index in [9.17, 15) is 14.7 Å². The van der Waals surface area contributed by atoms with Gasteiger partial charge in [0, 0.05) is 30.8 Å². The molecule has 3 aliphatic rings. The minimum absolute atomic E-state index is 0.0259. The summed E-state index contributed by atoms with van der Waals surface area (Å²) in [5, 5.41) is 9.36. The quantitative estimate of drug-likeness (QED) is 0.360. The lowest BCUT2D eigenvalue weighted by Gasteiger charge is -2.25. The number of aliphatic hydroxyl groups excluding tert-OH is 1. The minimum atomic E-state index is -0.213. The molecule has 1 saturated carbocycles. The summed E-state index contributed by atoms with van der Waals surface area (Å²) in [7, 11) is 0. The molecule has 0 aromatic heterocycles. The van der Waals surface area contributed by atoms with E-state index in [-0.39, 0.29) is 24.4 Å². The predicted octanol–water partition coefficient (Wildman–Crippen LogP) is 6.70. The average molecular weight is 531 g/mol. The van der Waals surface area contributed by atoms with Gasteiger partial charge >= 0.3 is 5.97 Å². The first-order chi connectivity index (χ1) is 18.9. The second-order valence-electron chi connectivity index (χ2n) is 10.9. The highest BCUT2D eigenvalue weighted by Crippen LogP contribution is 2.31. The Morgan fingerprint density at radius 3 is 2.51 bits per heavy atom. The van der Waals surface area contributed by atoms with E-state index in [1.165, 1.54) is 11.1 Å². The average Bonchev–Trinajstić information content (AvgIpc) is 3.24. The molecule has 0 spiro atoms. The van der Waals surface area contributed by atoms with Crippen molar-refractivity contribution >= 4 is 17.7 Å². The molecule has 1 aromatic carbocycles. The fraction of sp³-hybridized carbons (Fsp3) is 0.485. The smallest absolute Gasteiger partial charge is 0.314 e. The summed E-state index contributed by atoms with van der Waals surface area (Å²) in [4.78, 5) is 33.4. The summed E-state index contributed by atoms with van der Waals surface area (Å²) >= 11 is 0. The van der Waals surface area contributed by atoms with E-state index >= 15 is 0 Å². The van der Waals surface area contributed by atoms with Crippen LogP contribution in [0, 0.1) is 18.8 Å². The molecule has 0 atom stereocenters. The summed E-state index contributed by atoms with van der Waals surface area (Å²) in [5.74, 6) is 1.22. The molecule has 1 amide bonds. The normalized spacial score (nSPS) is 22.1. The number of hydrogen-bond donors (Lipinski definition) is 1. The van der Waals surface area contributed by atoms with Crippen LogP contribution in [0.1, 0.15) is 82.8 Å². The topological polar surface area (TPSA) is 79.2 Å². The van der Waals surface area contributed by atoms with Crippen LogP contribution in [0.15, 0.2) is 76.3 Å².